The Morgan fingerprint density at radius 3 is 2.63 bits per heavy atom. The summed E-state index contributed by atoms with van der Waals surface area (Å²) in [6.07, 6.45) is 6.78. The van der Waals surface area contributed by atoms with Crippen LogP contribution in [0.25, 0.3) is 0 Å². The lowest BCUT2D eigenvalue weighted by atomic mass is 9.86. The zero-order valence-corrected chi connectivity index (χ0v) is 12.6. The van der Waals surface area contributed by atoms with Crippen molar-refractivity contribution in [2.75, 3.05) is 20.1 Å². The van der Waals surface area contributed by atoms with Crippen LogP contribution in [0.5, 0.6) is 0 Å². The van der Waals surface area contributed by atoms with Crippen LogP contribution >= 0.6 is 0 Å². The minimum Gasteiger partial charge on any atom is -0.409 e. The molecule has 3 N–H and O–H groups in total. The van der Waals surface area contributed by atoms with Gasteiger partial charge in [-0.3, -0.25) is 0 Å². The second kappa shape index (κ2) is 5.70. The van der Waals surface area contributed by atoms with Gasteiger partial charge in [0.15, 0.2) is 0 Å². The fourth-order valence-electron chi connectivity index (χ4n) is 3.83. The number of rotatable bonds is 6. The molecule has 4 nitrogen and oxygen atoms in total. The van der Waals surface area contributed by atoms with Gasteiger partial charge in [0, 0.05) is 12.0 Å². The molecule has 0 aromatic carbocycles. The zero-order valence-electron chi connectivity index (χ0n) is 12.6. The normalized spacial score (nSPS) is 31.4. The summed E-state index contributed by atoms with van der Waals surface area (Å²) in [5.41, 5.74) is 5.51. The Bertz CT molecular complexity index is 340. The third-order valence-electron chi connectivity index (χ3n) is 5.35. The first-order chi connectivity index (χ1) is 8.92. The second-order valence-electron chi connectivity index (χ2n) is 7.32. The van der Waals surface area contributed by atoms with Crippen molar-refractivity contribution in [3.8, 4) is 0 Å². The predicted octanol–water partition coefficient (Wildman–Crippen LogP) is 2.52. The third kappa shape index (κ3) is 3.41. The highest BCUT2D eigenvalue weighted by atomic mass is 16.4. The van der Waals surface area contributed by atoms with E-state index < -0.39 is 0 Å². The summed E-state index contributed by atoms with van der Waals surface area (Å²) in [6, 6.07) is 0. The van der Waals surface area contributed by atoms with E-state index >= 15 is 0 Å². The van der Waals surface area contributed by atoms with Crippen molar-refractivity contribution in [3.05, 3.63) is 0 Å². The molecule has 3 atom stereocenters. The van der Waals surface area contributed by atoms with E-state index in [1.807, 2.05) is 13.8 Å². The molecule has 2 aliphatic rings. The largest absolute Gasteiger partial charge is 0.409 e. The van der Waals surface area contributed by atoms with Gasteiger partial charge < -0.3 is 15.8 Å². The number of nitrogens with two attached hydrogens (primary N) is 1. The fraction of sp³-hybridized carbons (Fsp3) is 0.933. The van der Waals surface area contributed by atoms with Gasteiger partial charge in [-0.1, -0.05) is 25.4 Å². The van der Waals surface area contributed by atoms with Crippen LogP contribution in [0.15, 0.2) is 5.16 Å². The SMILES string of the molecule is CN(CCC(C)(C)C(N)=NO)CC1CC2CCC1C2. The molecule has 2 fully saturated rings. The molecular weight excluding hydrogens is 238 g/mol. The standard InChI is InChI=1S/C15H29N3O/c1-15(2,14(16)17-19)6-7-18(3)10-13-9-11-4-5-12(13)8-11/h11-13,19H,4-10H2,1-3H3,(H2,16,17). The summed E-state index contributed by atoms with van der Waals surface area (Å²) in [7, 11) is 2.20. The maximum atomic E-state index is 8.79. The summed E-state index contributed by atoms with van der Waals surface area (Å²) in [6.45, 7) is 6.30. The first kappa shape index (κ1) is 14.6. The molecule has 110 valence electrons. The van der Waals surface area contributed by atoms with Gasteiger partial charge in [0.05, 0.1) is 0 Å². The first-order valence-electron chi connectivity index (χ1n) is 7.59. The molecule has 0 spiro atoms. The predicted molar refractivity (Wildman–Crippen MR) is 78.2 cm³/mol. The smallest absolute Gasteiger partial charge is 0.144 e. The lowest BCUT2D eigenvalue weighted by Gasteiger charge is -2.30. The molecule has 0 radical (unpaired) electrons. The van der Waals surface area contributed by atoms with E-state index in [1.165, 1.54) is 32.2 Å². The van der Waals surface area contributed by atoms with E-state index in [2.05, 4.69) is 17.1 Å². The van der Waals surface area contributed by atoms with Crippen molar-refractivity contribution in [2.45, 2.75) is 46.0 Å². The van der Waals surface area contributed by atoms with Crippen molar-refractivity contribution in [1.29, 1.82) is 0 Å². The highest BCUT2D eigenvalue weighted by Crippen LogP contribution is 2.48. The molecule has 0 aliphatic heterocycles. The number of nitrogens with zero attached hydrogens (tertiary/aromatic N) is 2. The van der Waals surface area contributed by atoms with Crippen LogP contribution in [-0.2, 0) is 0 Å². The Hall–Kier alpha value is -0.770. The average molecular weight is 267 g/mol. The van der Waals surface area contributed by atoms with Crippen LogP contribution in [-0.4, -0.2) is 36.1 Å². The van der Waals surface area contributed by atoms with Gasteiger partial charge in [0.25, 0.3) is 0 Å². The van der Waals surface area contributed by atoms with Crippen molar-refractivity contribution in [3.63, 3.8) is 0 Å². The summed E-state index contributed by atoms with van der Waals surface area (Å²) in [5.74, 6) is 3.26. The number of amidine groups is 1. The lowest BCUT2D eigenvalue weighted by molar-refractivity contribution is 0.205. The van der Waals surface area contributed by atoms with E-state index in [0.717, 1.165) is 30.7 Å². The number of hydrogen-bond acceptors (Lipinski definition) is 3. The van der Waals surface area contributed by atoms with Crippen LogP contribution in [0.1, 0.15) is 46.0 Å². The molecular formula is C15H29N3O. The molecule has 0 aromatic heterocycles. The van der Waals surface area contributed by atoms with Crippen molar-refractivity contribution < 1.29 is 5.21 Å². The summed E-state index contributed by atoms with van der Waals surface area (Å²) in [5, 5.41) is 11.9. The Morgan fingerprint density at radius 2 is 2.11 bits per heavy atom. The highest BCUT2D eigenvalue weighted by molar-refractivity contribution is 5.85. The van der Waals surface area contributed by atoms with Gasteiger partial charge in [0.1, 0.15) is 5.84 Å². The molecule has 19 heavy (non-hydrogen) atoms. The van der Waals surface area contributed by atoms with E-state index in [4.69, 9.17) is 10.9 Å². The Labute approximate surface area is 117 Å². The van der Waals surface area contributed by atoms with Crippen LogP contribution in [0.2, 0.25) is 0 Å². The van der Waals surface area contributed by atoms with Crippen LogP contribution in [0.4, 0.5) is 0 Å². The van der Waals surface area contributed by atoms with Crippen LogP contribution in [0.3, 0.4) is 0 Å². The van der Waals surface area contributed by atoms with E-state index in [1.54, 1.807) is 0 Å². The number of fused-ring (bicyclic) bond motifs is 2. The lowest BCUT2D eigenvalue weighted by Crippen LogP contribution is -2.37. The molecule has 3 unspecified atom stereocenters. The van der Waals surface area contributed by atoms with Gasteiger partial charge in [-0.2, -0.15) is 0 Å². The molecule has 2 saturated carbocycles. The quantitative estimate of drug-likeness (QED) is 0.336. The molecule has 4 heteroatoms. The summed E-state index contributed by atoms with van der Waals surface area (Å²) < 4.78 is 0. The first-order valence-corrected chi connectivity index (χ1v) is 7.59. The van der Waals surface area contributed by atoms with Gasteiger partial charge >= 0.3 is 0 Å². The Kier molecular flexibility index (Phi) is 4.39. The maximum Gasteiger partial charge on any atom is 0.144 e. The molecule has 0 amide bonds. The fourth-order valence-corrected chi connectivity index (χ4v) is 3.83. The zero-order chi connectivity index (χ0) is 14.0. The monoisotopic (exact) mass is 267 g/mol. The third-order valence-corrected chi connectivity index (χ3v) is 5.35. The summed E-state index contributed by atoms with van der Waals surface area (Å²) >= 11 is 0. The average Bonchev–Trinajstić information content (AvgIpc) is 2.97. The van der Waals surface area contributed by atoms with Crippen molar-refractivity contribution >= 4 is 5.84 Å². The van der Waals surface area contributed by atoms with Crippen molar-refractivity contribution in [1.82, 2.24) is 4.90 Å². The van der Waals surface area contributed by atoms with Gasteiger partial charge in [-0.05, 0) is 57.0 Å². The van der Waals surface area contributed by atoms with E-state index in [0.29, 0.717) is 5.84 Å². The van der Waals surface area contributed by atoms with Crippen LogP contribution in [0, 0.1) is 23.2 Å². The molecule has 0 saturated heterocycles. The van der Waals surface area contributed by atoms with Gasteiger partial charge in [-0.25, -0.2) is 0 Å². The Morgan fingerprint density at radius 1 is 1.37 bits per heavy atom. The van der Waals surface area contributed by atoms with Gasteiger partial charge in [-0.15, -0.1) is 0 Å². The second-order valence-corrected chi connectivity index (χ2v) is 7.32. The van der Waals surface area contributed by atoms with Gasteiger partial charge in [0.2, 0.25) is 0 Å². The minimum absolute atomic E-state index is 0.225. The Balaban J connectivity index is 1.74. The molecule has 0 heterocycles. The summed E-state index contributed by atoms with van der Waals surface area (Å²) in [4.78, 5) is 2.43. The molecule has 2 rings (SSSR count). The van der Waals surface area contributed by atoms with Crippen LogP contribution < -0.4 is 5.73 Å². The number of hydrogen-bond donors (Lipinski definition) is 2. The topological polar surface area (TPSA) is 61.8 Å². The highest BCUT2D eigenvalue weighted by Gasteiger charge is 2.39. The molecule has 2 aliphatic carbocycles. The van der Waals surface area contributed by atoms with E-state index in [9.17, 15) is 0 Å². The molecule has 0 aromatic rings. The number of oxime groups is 1. The maximum absolute atomic E-state index is 8.79. The minimum atomic E-state index is -0.225. The van der Waals surface area contributed by atoms with Crippen molar-refractivity contribution in [2.24, 2.45) is 34.1 Å². The van der Waals surface area contributed by atoms with E-state index in [-0.39, 0.29) is 5.41 Å². The molecule has 2 bridgehead atoms.